The molecule has 0 saturated carbocycles. The summed E-state index contributed by atoms with van der Waals surface area (Å²) >= 11 is 0. The summed E-state index contributed by atoms with van der Waals surface area (Å²) in [6.07, 6.45) is -5.51. The van der Waals surface area contributed by atoms with Crippen LogP contribution in [0.2, 0.25) is 0 Å². The third-order valence-corrected chi connectivity index (χ3v) is 2.67. The number of benzene rings is 1. The van der Waals surface area contributed by atoms with E-state index in [1.807, 2.05) is 0 Å². The van der Waals surface area contributed by atoms with E-state index in [-0.39, 0.29) is 24.3 Å². The van der Waals surface area contributed by atoms with Crippen LogP contribution < -0.4 is 0 Å². The molecule has 0 saturated heterocycles. The molecule has 0 aliphatic heterocycles. The normalized spacial score (nSPS) is 11.9. The molecule has 3 nitrogen and oxygen atoms in total. The Labute approximate surface area is 115 Å². The summed E-state index contributed by atoms with van der Waals surface area (Å²) in [7, 11) is 0. The van der Waals surface area contributed by atoms with Crippen molar-refractivity contribution in [2.24, 2.45) is 0 Å². The summed E-state index contributed by atoms with van der Waals surface area (Å²) in [5.74, 6) is -0.472. The quantitative estimate of drug-likeness (QED) is 0.593. The maximum atomic E-state index is 12.6. The fraction of sp³-hybridized carbons (Fsp3) is 0.500. The van der Waals surface area contributed by atoms with Gasteiger partial charge in [0, 0.05) is 18.8 Å². The summed E-state index contributed by atoms with van der Waals surface area (Å²) in [6.45, 7) is 5.42. The summed E-state index contributed by atoms with van der Waals surface area (Å²) in [5.41, 5.74) is -0.366. The molecule has 112 valence electrons. The number of hydrogen-bond acceptors (Lipinski definition) is 3. The van der Waals surface area contributed by atoms with E-state index in [0.29, 0.717) is 0 Å². The number of ketones is 1. The molecular weight excluding hydrogens is 273 g/mol. The molecule has 0 unspecified atom stereocenters. The van der Waals surface area contributed by atoms with Gasteiger partial charge in [0.1, 0.15) is 0 Å². The summed E-state index contributed by atoms with van der Waals surface area (Å²) < 4.78 is 48.0. The van der Waals surface area contributed by atoms with Gasteiger partial charge in [0.2, 0.25) is 12.1 Å². The zero-order chi connectivity index (χ0) is 15.3. The van der Waals surface area contributed by atoms with Crippen molar-refractivity contribution in [2.45, 2.75) is 33.2 Å². The number of hydrogen-bond donors (Lipinski definition) is 0. The molecule has 0 aliphatic carbocycles. The SMILES string of the molecule is CCOC(OCC)C(=O)c1ccc(C(F)(F)F)cc1C. The monoisotopic (exact) mass is 290 g/mol. The lowest BCUT2D eigenvalue weighted by atomic mass is 10.0. The molecule has 0 spiro atoms. The predicted octanol–water partition coefficient (Wildman–Crippen LogP) is 3.60. The van der Waals surface area contributed by atoms with Crippen LogP contribution >= 0.6 is 0 Å². The molecule has 0 amide bonds. The highest BCUT2D eigenvalue weighted by atomic mass is 19.4. The van der Waals surface area contributed by atoms with Crippen molar-refractivity contribution in [1.29, 1.82) is 0 Å². The van der Waals surface area contributed by atoms with E-state index >= 15 is 0 Å². The Morgan fingerprint density at radius 2 is 1.75 bits per heavy atom. The Kier molecular flexibility index (Phi) is 5.71. The van der Waals surface area contributed by atoms with E-state index in [9.17, 15) is 18.0 Å². The third kappa shape index (κ3) is 4.05. The molecule has 0 radical (unpaired) electrons. The van der Waals surface area contributed by atoms with Crippen molar-refractivity contribution >= 4 is 5.78 Å². The van der Waals surface area contributed by atoms with Crippen LogP contribution in [0.5, 0.6) is 0 Å². The Bertz CT molecular complexity index is 463. The number of rotatable bonds is 6. The highest BCUT2D eigenvalue weighted by Crippen LogP contribution is 2.30. The standard InChI is InChI=1S/C14H17F3O3/c1-4-19-13(20-5-2)12(18)11-7-6-10(8-9(11)3)14(15,16)17/h6-8,13H,4-5H2,1-3H3. The Hall–Kier alpha value is -1.40. The Morgan fingerprint density at radius 3 is 2.15 bits per heavy atom. The van der Waals surface area contributed by atoms with Crippen LogP contribution in [0.25, 0.3) is 0 Å². The van der Waals surface area contributed by atoms with Gasteiger partial charge >= 0.3 is 6.18 Å². The van der Waals surface area contributed by atoms with Gasteiger partial charge < -0.3 is 9.47 Å². The van der Waals surface area contributed by atoms with Crippen LogP contribution in [-0.4, -0.2) is 25.3 Å². The molecule has 1 aromatic carbocycles. The van der Waals surface area contributed by atoms with Crippen molar-refractivity contribution in [2.75, 3.05) is 13.2 Å². The molecule has 6 heteroatoms. The van der Waals surface area contributed by atoms with Gasteiger partial charge in [0.15, 0.2) is 0 Å². The van der Waals surface area contributed by atoms with E-state index in [2.05, 4.69) is 0 Å². The second-order valence-corrected chi connectivity index (χ2v) is 4.13. The van der Waals surface area contributed by atoms with Gasteiger partial charge in [-0.25, -0.2) is 0 Å². The Balaban J connectivity index is 3.04. The smallest absolute Gasteiger partial charge is 0.346 e. The first-order chi connectivity index (χ1) is 9.31. The van der Waals surface area contributed by atoms with Crippen LogP contribution in [0.15, 0.2) is 18.2 Å². The van der Waals surface area contributed by atoms with E-state index in [1.165, 1.54) is 6.92 Å². The zero-order valence-corrected chi connectivity index (χ0v) is 11.6. The van der Waals surface area contributed by atoms with Gasteiger partial charge in [-0.05, 0) is 38.5 Å². The van der Waals surface area contributed by atoms with Gasteiger partial charge in [-0.1, -0.05) is 6.07 Å². The number of halogens is 3. The highest BCUT2D eigenvalue weighted by Gasteiger charge is 2.31. The van der Waals surface area contributed by atoms with Crippen molar-refractivity contribution < 1.29 is 27.4 Å². The number of Topliss-reactive ketones (excluding diaryl/α,β-unsaturated/α-hetero) is 1. The number of carbonyl (C=O) groups is 1. The minimum atomic E-state index is -4.43. The summed E-state index contributed by atoms with van der Waals surface area (Å²) in [4.78, 5) is 12.2. The van der Waals surface area contributed by atoms with Crippen LogP contribution in [0.3, 0.4) is 0 Å². The molecule has 0 N–H and O–H groups in total. The lowest BCUT2D eigenvalue weighted by Crippen LogP contribution is -2.28. The van der Waals surface area contributed by atoms with Gasteiger partial charge in [-0.2, -0.15) is 13.2 Å². The van der Waals surface area contributed by atoms with E-state index in [0.717, 1.165) is 18.2 Å². The molecule has 1 aromatic rings. The van der Waals surface area contributed by atoms with Crippen LogP contribution in [0.4, 0.5) is 13.2 Å². The van der Waals surface area contributed by atoms with Crippen molar-refractivity contribution in [1.82, 2.24) is 0 Å². The first-order valence-electron chi connectivity index (χ1n) is 6.26. The van der Waals surface area contributed by atoms with E-state index < -0.39 is 23.8 Å². The van der Waals surface area contributed by atoms with Crippen LogP contribution in [0, 0.1) is 6.92 Å². The second-order valence-electron chi connectivity index (χ2n) is 4.13. The van der Waals surface area contributed by atoms with E-state index in [4.69, 9.17) is 9.47 Å². The van der Waals surface area contributed by atoms with Crippen molar-refractivity contribution in [3.05, 3.63) is 34.9 Å². The average molecular weight is 290 g/mol. The summed E-state index contributed by atoms with van der Waals surface area (Å²) in [5, 5.41) is 0. The van der Waals surface area contributed by atoms with Crippen LogP contribution in [-0.2, 0) is 15.7 Å². The maximum Gasteiger partial charge on any atom is 0.416 e. The molecule has 20 heavy (non-hydrogen) atoms. The molecule has 0 heterocycles. The minimum Gasteiger partial charge on any atom is -0.346 e. The van der Waals surface area contributed by atoms with Gasteiger partial charge in [0.05, 0.1) is 5.56 Å². The molecule has 0 aliphatic rings. The van der Waals surface area contributed by atoms with Gasteiger partial charge in [-0.15, -0.1) is 0 Å². The fourth-order valence-electron chi connectivity index (χ4n) is 1.75. The highest BCUT2D eigenvalue weighted by molar-refractivity contribution is 6.00. The predicted molar refractivity (Wildman–Crippen MR) is 67.6 cm³/mol. The zero-order valence-electron chi connectivity index (χ0n) is 11.6. The van der Waals surface area contributed by atoms with Crippen LogP contribution in [0.1, 0.15) is 35.3 Å². The first-order valence-corrected chi connectivity index (χ1v) is 6.26. The van der Waals surface area contributed by atoms with E-state index in [1.54, 1.807) is 13.8 Å². The number of carbonyl (C=O) groups excluding carboxylic acids is 1. The topological polar surface area (TPSA) is 35.5 Å². The molecule has 0 bridgehead atoms. The lowest BCUT2D eigenvalue weighted by Gasteiger charge is -2.17. The first kappa shape index (κ1) is 16.7. The molecule has 0 atom stereocenters. The fourth-order valence-corrected chi connectivity index (χ4v) is 1.75. The number of aryl methyl sites for hydroxylation is 1. The lowest BCUT2D eigenvalue weighted by molar-refractivity contribution is -0.137. The molecule has 0 aromatic heterocycles. The number of ether oxygens (including phenoxy) is 2. The Morgan fingerprint density at radius 1 is 1.20 bits per heavy atom. The largest absolute Gasteiger partial charge is 0.416 e. The summed E-state index contributed by atoms with van der Waals surface area (Å²) in [6, 6.07) is 2.99. The molecule has 0 fully saturated rings. The minimum absolute atomic E-state index is 0.171. The van der Waals surface area contributed by atoms with Gasteiger partial charge in [0.25, 0.3) is 0 Å². The molecular formula is C14H17F3O3. The molecule has 1 rings (SSSR count). The average Bonchev–Trinajstić information content (AvgIpc) is 2.36. The number of alkyl halides is 3. The van der Waals surface area contributed by atoms with Crippen molar-refractivity contribution in [3.8, 4) is 0 Å². The third-order valence-electron chi connectivity index (χ3n) is 2.67. The van der Waals surface area contributed by atoms with Crippen molar-refractivity contribution in [3.63, 3.8) is 0 Å². The maximum absolute atomic E-state index is 12.6. The van der Waals surface area contributed by atoms with Gasteiger partial charge in [-0.3, -0.25) is 4.79 Å². The second kappa shape index (κ2) is 6.85.